The van der Waals surface area contributed by atoms with Crippen molar-refractivity contribution in [3.8, 4) is 0 Å². The Morgan fingerprint density at radius 3 is 3.00 bits per heavy atom. The largest absolute Gasteiger partial charge is 0.258 e. The predicted octanol–water partition coefficient (Wildman–Crippen LogP) is 2.07. The van der Waals surface area contributed by atoms with Gasteiger partial charge in [-0.05, 0) is 24.1 Å². The second kappa shape index (κ2) is 4.31. The molecule has 0 saturated heterocycles. The third-order valence-electron chi connectivity index (χ3n) is 1.32. The first kappa shape index (κ1) is 8.49. The molecule has 0 fully saturated rings. The number of hydrogen-bond donors (Lipinski definition) is 0. The standard InChI is InChI=1S/C7H7FN4/c8-6-1-2-7(10-5-6)3-4-11-12-9/h1-2,5H,3-4H2. The van der Waals surface area contributed by atoms with E-state index in [1.165, 1.54) is 6.07 Å². The molecule has 1 heterocycles. The lowest BCUT2D eigenvalue weighted by Gasteiger charge is -1.94. The zero-order valence-electron chi connectivity index (χ0n) is 6.31. The molecule has 0 aliphatic rings. The molecule has 0 spiro atoms. The molecule has 0 aliphatic heterocycles. The summed E-state index contributed by atoms with van der Waals surface area (Å²) in [5, 5.41) is 3.34. The molecule has 1 rings (SSSR count). The molecule has 0 amide bonds. The Hall–Kier alpha value is -1.61. The van der Waals surface area contributed by atoms with Gasteiger partial charge in [0, 0.05) is 17.2 Å². The highest BCUT2D eigenvalue weighted by molar-refractivity contribution is 5.05. The summed E-state index contributed by atoms with van der Waals surface area (Å²) in [4.78, 5) is 6.38. The number of pyridine rings is 1. The molecule has 0 saturated carbocycles. The number of azide groups is 1. The van der Waals surface area contributed by atoms with Crippen LogP contribution in [0.3, 0.4) is 0 Å². The van der Waals surface area contributed by atoms with Gasteiger partial charge in [0.2, 0.25) is 0 Å². The normalized spacial score (nSPS) is 9.08. The molecule has 0 aromatic carbocycles. The lowest BCUT2D eigenvalue weighted by molar-refractivity contribution is 0.619. The summed E-state index contributed by atoms with van der Waals surface area (Å²) in [5.41, 5.74) is 8.69. The van der Waals surface area contributed by atoms with Crippen LogP contribution in [0.15, 0.2) is 23.4 Å². The van der Waals surface area contributed by atoms with Crippen LogP contribution in [0.25, 0.3) is 10.4 Å². The van der Waals surface area contributed by atoms with Crippen molar-refractivity contribution in [1.29, 1.82) is 0 Å². The molecule has 1 aromatic rings. The Morgan fingerprint density at radius 1 is 1.58 bits per heavy atom. The van der Waals surface area contributed by atoms with Gasteiger partial charge < -0.3 is 0 Å². The summed E-state index contributed by atoms with van der Waals surface area (Å²) in [6.07, 6.45) is 1.69. The number of aromatic nitrogens is 1. The third kappa shape index (κ3) is 2.56. The van der Waals surface area contributed by atoms with E-state index in [-0.39, 0.29) is 5.82 Å². The molecule has 4 nitrogen and oxygen atoms in total. The first-order valence-electron chi connectivity index (χ1n) is 3.44. The second-order valence-corrected chi connectivity index (χ2v) is 2.17. The van der Waals surface area contributed by atoms with Crippen LogP contribution in [0.5, 0.6) is 0 Å². The smallest absolute Gasteiger partial charge is 0.141 e. The van der Waals surface area contributed by atoms with E-state index in [0.717, 1.165) is 11.9 Å². The van der Waals surface area contributed by atoms with Gasteiger partial charge in [0.25, 0.3) is 0 Å². The molecule has 0 atom stereocenters. The molecular formula is C7H7FN4. The summed E-state index contributed by atoms with van der Waals surface area (Å²) in [6, 6.07) is 2.90. The lowest BCUT2D eigenvalue weighted by Crippen LogP contribution is -1.92. The molecule has 0 radical (unpaired) electrons. The summed E-state index contributed by atoms with van der Waals surface area (Å²) in [6.45, 7) is 0.356. The average Bonchev–Trinajstić information content (AvgIpc) is 2.09. The highest BCUT2D eigenvalue weighted by Crippen LogP contribution is 1.98. The van der Waals surface area contributed by atoms with E-state index in [0.29, 0.717) is 13.0 Å². The monoisotopic (exact) mass is 166 g/mol. The Bertz CT molecular complexity index is 289. The van der Waals surface area contributed by atoms with Crippen LogP contribution in [0.4, 0.5) is 4.39 Å². The van der Waals surface area contributed by atoms with Crippen LogP contribution in [0, 0.1) is 5.82 Å². The highest BCUT2D eigenvalue weighted by atomic mass is 19.1. The van der Waals surface area contributed by atoms with Crippen LogP contribution in [0.2, 0.25) is 0 Å². The molecule has 0 bridgehead atoms. The average molecular weight is 166 g/mol. The van der Waals surface area contributed by atoms with E-state index in [4.69, 9.17) is 5.53 Å². The fourth-order valence-corrected chi connectivity index (χ4v) is 0.764. The summed E-state index contributed by atoms with van der Waals surface area (Å²) >= 11 is 0. The third-order valence-corrected chi connectivity index (χ3v) is 1.32. The summed E-state index contributed by atoms with van der Waals surface area (Å²) in [5.74, 6) is -0.359. The van der Waals surface area contributed by atoms with Crippen LogP contribution in [0.1, 0.15) is 5.69 Å². The minimum atomic E-state index is -0.359. The van der Waals surface area contributed by atoms with Crippen molar-refractivity contribution in [3.63, 3.8) is 0 Å². The number of nitrogens with zero attached hydrogens (tertiary/aromatic N) is 4. The number of halogens is 1. The number of hydrogen-bond acceptors (Lipinski definition) is 2. The van der Waals surface area contributed by atoms with Crippen LogP contribution in [-0.2, 0) is 6.42 Å². The molecule has 5 heteroatoms. The maximum absolute atomic E-state index is 12.3. The maximum atomic E-state index is 12.3. The first-order valence-corrected chi connectivity index (χ1v) is 3.44. The van der Waals surface area contributed by atoms with E-state index in [9.17, 15) is 4.39 Å². The van der Waals surface area contributed by atoms with Gasteiger partial charge in [0.05, 0.1) is 6.20 Å². The van der Waals surface area contributed by atoms with Crippen LogP contribution in [-0.4, -0.2) is 11.5 Å². The van der Waals surface area contributed by atoms with Gasteiger partial charge in [-0.2, -0.15) is 0 Å². The van der Waals surface area contributed by atoms with Gasteiger partial charge in [0.1, 0.15) is 5.82 Å². The first-order chi connectivity index (χ1) is 5.83. The van der Waals surface area contributed by atoms with E-state index in [1.54, 1.807) is 6.07 Å². The fraction of sp³-hybridized carbons (Fsp3) is 0.286. The Labute approximate surface area is 68.7 Å². The van der Waals surface area contributed by atoms with E-state index in [2.05, 4.69) is 15.0 Å². The molecular weight excluding hydrogens is 159 g/mol. The molecule has 62 valence electrons. The Morgan fingerprint density at radius 2 is 2.42 bits per heavy atom. The number of rotatable bonds is 3. The predicted molar refractivity (Wildman–Crippen MR) is 41.9 cm³/mol. The van der Waals surface area contributed by atoms with Crippen molar-refractivity contribution < 1.29 is 4.39 Å². The lowest BCUT2D eigenvalue weighted by atomic mass is 10.3. The summed E-state index contributed by atoms with van der Waals surface area (Å²) in [7, 11) is 0. The minimum absolute atomic E-state index is 0.356. The van der Waals surface area contributed by atoms with E-state index in [1.807, 2.05) is 0 Å². The Kier molecular flexibility index (Phi) is 3.04. The molecule has 1 aromatic heterocycles. The molecule has 0 unspecified atom stereocenters. The van der Waals surface area contributed by atoms with Crippen molar-refractivity contribution >= 4 is 0 Å². The quantitative estimate of drug-likeness (QED) is 0.385. The minimum Gasteiger partial charge on any atom is -0.258 e. The van der Waals surface area contributed by atoms with Gasteiger partial charge in [0.15, 0.2) is 0 Å². The van der Waals surface area contributed by atoms with Crippen molar-refractivity contribution in [3.05, 3.63) is 40.3 Å². The van der Waals surface area contributed by atoms with Crippen molar-refractivity contribution in [2.75, 3.05) is 6.54 Å². The van der Waals surface area contributed by atoms with Gasteiger partial charge in [-0.3, -0.25) is 4.98 Å². The topological polar surface area (TPSA) is 61.7 Å². The van der Waals surface area contributed by atoms with Gasteiger partial charge in [-0.25, -0.2) is 4.39 Å². The van der Waals surface area contributed by atoms with Gasteiger partial charge in [-0.15, -0.1) is 0 Å². The second-order valence-electron chi connectivity index (χ2n) is 2.17. The fourth-order valence-electron chi connectivity index (χ4n) is 0.764. The van der Waals surface area contributed by atoms with E-state index < -0.39 is 0 Å². The summed E-state index contributed by atoms with van der Waals surface area (Å²) < 4.78 is 12.3. The van der Waals surface area contributed by atoms with Crippen molar-refractivity contribution in [1.82, 2.24) is 4.98 Å². The maximum Gasteiger partial charge on any atom is 0.141 e. The van der Waals surface area contributed by atoms with Gasteiger partial charge in [-0.1, -0.05) is 5.11 Å². The molecule has 12 heavy (non-hydrogen) atoms. The van der Waals surface area contributed by atoms with E-state index >= 15 is 0 Å². The highest BCUT2D eigenvalue weighted by Gasteiger charge is 1.93. The molecule has 0 N–H and O–H groups in total. The zero-order chi connectivity index (χ0) is 8.81. The zero-order valence-corrected chi connectivity index (χ0v) is 6.31. The van der Waals surface area contributed by atoms with Crippen LogP contribution >= 0.6 is 0 Å². The van der Waals surface area contributed by atoms with Gasteiger partial charge >= 0.3 is 0 Å². The SMILES string of the molecule is [N-]=[N+]=NCCc1ccc(F)cn1. The Balaban J connectivity index is 2.53. The van der Waals surface area contributed by atoms with Crippen molar-refractivity contribution in [2.45, 2.75) is 6.42 Å². The molecule has 0 aliphatic carbocycles. The van der Waals surface area contributed by atoms with Crippen molar-refractivity contribution in [2.24, 2.45) is 5.11 Å². The van der Waals surface area contributed by atoms with Crippen LogP contribution < -0.4 is 0 Å².